The van der Waals surface area contributed by atoms with E-state index in [1.165, 1.54) is 6.42 Å². The highest BCUT2D eigenvalue weighted by Crippen LogP contribution is 2.44. The van der Waals surface area contributed by atoms with E-state index in [0.717, 1.165) is 32.4 Å². The molecule has 3 amide bonds. The fourth-order valence-corrected chi connectivity index (χ4v) is 3.92. The topological polar surface area (TPSA) is 113 Å². The zero-order valence-corrected chi connectivity index (χ0v) is 15.4. The molecule has 1 aliphatic carbocycles. The van der Waals surface area contributed by atoms with Crippen LogP contribution in [0.2, 0.25) is 0 Å². The molecule has 0 bridgehead atoms. The SMILES string of the molecule is Cl.NC(=O)CNC(=O)c1ccc(NC(=O)[C@@]23CCCC[C@H]2CNC3)cc1. The van der Waals surface area contributed by atoms with Crippen LogP contribution in [0.4, 0.5) is 5.69 Å². The van der Waals surface area contributed by atoms with Gasteiger partial charge in [0.2, 0.25) is 11.8 Å². The Balaban J connectivity index is 0.00000243. The van der Waals surface area contributed by atoms with Crippen LogP contribution in [0.3, 0.4) is 0 Å². The minimum atomic E-state index is -0.594. The molecule has 1 aromatic rings. The average molecular weight is 381 g/mol. The van der Waals surface area contributed by atoms with Gasteiger partial charge in [0.25, 0.3) is 5.91 Å². The molecule has 1 aromatic carbocycles. The Morgan fingerprint density at radius 3 is 2.62 bits per heavy atom. The van der Waals surface area contributed by atoms with Crippen molar-refractivity contribution in [1.29, 1.82) is 0 Å². The summed E-state index contributed by atoms with van der Waals surface area (Å²) in [6.07, 6.45) is 4.30. The molecule has 1 aliphatic heterocycles. The number of rotatable bonds is 5. The molecule has 1 saturated carbocycles. The van der Waals surface area contributed by atoms with Gasteiger partial charge in [0, 0.05) is 17.8 Å². The maximum Gasteiger partial charge on any atom is 0.251 e. The quantitative estimate of drug-likeness (QED) is 0.611. The Kier molecular flexibility index (Phi) is 6.61. The first-order valence-electron chi connectivity index (χ1n) is 8.70. The van der Waals surface area contributed by atoms with Crippen LogP contribution in [0.25, 0.3) is 0 Å². The fraction of sp³-hybridized carbons (Fsp3) is 0.500. The molecule has 0 unspecified atom stereocenters. The fourth-order valence-electron chi connectivity index (χ4n) is 3.92. The van der Waals surface area contributed by atoms with Gasteiger partial charge >= 0.3 is 0 Å². The van der Waals surface area contributed by atoms with Crippen molar-refractivity contribution in [3.8, 4) is 0 Å². The molecule has 0 spiro atoms. The van der Waals surface area contributed by atoms with Gasteiger partial charge in [-0.2, -0.15) is 0 Å². The highest BCUT2D eigenvalue weighted by Gasteiger charge is 2.49. The maximum atomic E-state index is 12.9. The van der Waals surface area contributed by atoms with Gasteiger partial charge < -0.3 is 21.7 Å². The third kappa shape index (κ3) is 4.16. The van der Waals surface area contributed by atoms with E-state index in [0.29, 0.717) is 17.2 Å². The van der Waals surface area contributed by atoms with Crippen molar-refractivity contribution in [2.45, 2.75) is 25.7 Å². The smallest absolute Gasteiger partial charge is 0.251 e. The van der Waals surface area contributed by atoms with Gasteiger partial charge in [-0.1, -0.05) is 12.8 Å². The molecule has 8 heteroatoms. The van der Waals surface area contributed by atoms with Crippen molar-refractivity contribution in [3.05, 3.63) is 29.8 Å². The van der Waals surface area contributed by atoms with Crippen LogP contribution in [-0.2, 0) is 9.59 Å². The number of hydrogen-bond donors (Lipinski definition) is 4. The summed E-state index contributed by atoms with van der Waals surface area (Å²) in [5.74, 6) is -0.500. The summed E-state index contributed by atoms with van der Waals surface area (Å²) < 4.78 is 0. The van der Waals surface area contributed by atoms with Gasteiger partial charge in [-0.05, 0) is 49.6 Å². The molecule has 1 saturated heterocycles. The number of primary amides is 1. The predicted octanol–water partition coefficient (Wildman–Crippen LogP) is 1.04. The van der Waals surface area contributed by atoms with E-state index >= 15 is 0 Å². The molecule has 0 radical (unpaired) electrons. The van der Waals surface area contributed by atoms with Gasteiger partial charge in [-0.25, -0.2) is 0 Å². The van der Waals surface area contributed by atoms with E-state index in [1.807, 2.05) is 0 Å². The lowest BCUT2D eigenvalue weighted by Crippen LogP contribution is -2.44. The molecule has 2 fully saturated rings. The van der Waals surface area contributed by atoms with Gasteiger partial charge in [0.1, 0.15) is 0 Å². The first kappa shape index (κ1) is 20.2. The van der Waals surface area contributed by atoms with E-state index in [2.05, 4.69) is 16.0 Å². The van der Waals surface area contributed by atoms with E-state index in [-0.39, 0.29) is 36.2 Å². The van der Waals surface area contributed by atoms with Crippen LogP contribution < -0.4 is 21.7 Å². The highest BCUT2D eigenvalue weighted by molar-refractivity contribution is 5.98. The molecular formula is C18H25ClN4O3. The normalized spacial score (nSPS) is 24.1. The third-order valence-electron chi connectivity index (χ3n) is 5.32. The average Bonchev–Trinajstić information content (AvgIpc) is 3.05. The van der Waals surface area contributed by atoms with Gasteiger partial charge in [-0.15, -0.1) is 12.4 Å². The molecule has 3 rings (SSSR count). The standard InChI is InChI=1S/C18H24N4O3.ClH/c19-15(23)10-21-16(24)12-4-6-14(7-5-12)22-17(25)18-8-2-1-3-13(18)9-20-11-18;/h4-7,13,20H,1-3,8-11H2,(H2,19,23)(H,21,24)(H,22,25);1H/t13-,18+;/m0./s1. The van der Waals surface area contributed by atoms with E-state index < -0.39 is 5.91 Å². The van der Waals surface area contributed by atoms with Crippen LogP contribution in [0.5, 0.6) is 0 Å². The highest BCUT2D eigenvalue weighted by atomic mass is 35.5. The monoisotopic (exact) mass is 380 g/mol. The summed E-state index contributed by atoms with van der Waals surface area (Å²) in [4.78, 5) is 35.5. The first-order chi connectivity index (χ1) is 12.0. The number of amides is 3. The molecule has 5 N–H and O–H groups in total. The second-order valence-corrected chi connectivity index (χ2v) is 6.91. The minimum absolute atomic E-state index is 0. The minimum Gasteiger partial charge on any atom is -0.368 e. The molecule has 0 aromatic heterocycles. The maximum absolute atomic E-state index is 12.9. The van der Waals surface area contributed by atoms with E-state index in [9.17, 15) is 14.4 Å². The number of nitrogens with two attached hydrogens (primary N) is 1. The van der Waals surface area contributed by atoms with Crippen LogP contribution in [0.15, 0.2) is 24.3 Å². The summed E-state index contributed by atoms with van der Waals surface area (Å²) in [5.41, 5.74) is 5.78. The Morgan fingerprint density at radius 2 is 1.92 bits per heavy atom. The van der Waals surface area contributed by atoms with Crippen LogP contribution >= 0.6 is 12.4 Å². The summed E-state index contributed by atoms with van der Waals surface area (Å²) in [5, 5.41) is 8.80. The molecule has 26 heavy (non-hydrogen) atoms. The third-order valence-corrected chi connectivity index (χ3v) is 5.32. The van der Waals surface area contributed by atoms with Gasteiger partial charge in [0.15, 0.2) is 0 Å². The molecule has 142 valence electrons. The van der Waals surface area contributed by atoms with Crippen molar-refractivity contribution in [2.24, 2.45) is 17.1 Å². The second-order valence-electron chi connectivity index (χ2n) is 6.91. The predicted molar refractivity (Wildman–Crippen MR) is 101 cm³/mol. The van der Waals surface area contributed by atoms with E-state index in [4.69, 9.17) is 5.73 Å². The van der Waals surface area contributed by atoms with Gasteiger partial charge in [0.05, 0.1) is 12.0 Å². The summed E-state index contributed by atoms with van der Waals surface area (Å²) in [6, 6.07) is 6.64. The lowest BCUT2D eigenvalue weighted by molar-refractivity contribution is -0.128. The van der Waals surface area contributed by atoms with E-state index in [1.54, 1.807) is 24.3 Å². The number of carbonyl (C=O) groups is 3. The Hall–Kier alpha value is -2.12. The molecule has 2 atom stereocenters. The van der Waals surface area contributed by atoms with Crippen molar-refractivity contribution < 1.29 is 14.4 Å². The number of halogens is 1. The zero-order chi connectivity index (χ0) is 17.9. The Labute approximate surface area is 158 Å². The summed E-state index contributed by atoms with van der Waals surface area (Å²) in [6.45, 7) is 1.44. The molecule has 7 nitrogen and oxygen atoms in total. The Bertz CT molecular complexity index is 680. The van der Waals surface area contributed by atoms with Crippen molar-refractivity contribution in [3.63, 3.8) is 0 Å². The summed E-state index contributed by atoms with van der Waals surface area (Å²) >= 11 is 0. The van der Waals surface area contributed by atoms with Crippen molar-refractivity contribution >= 4 is 35.8 Å². The second kappa shape index (κ2) is 8.51. The number of nitrogens with one attached hydrogen (secondary N) is 3. The van der Waals surface area contributed by atoms with Crippen molar-refractivity contribution in [1.82, 2.24) is 10.6 Å². The molecule has 1 heterocycles. The number of anilines is 1. The van der Waals surface area contributed by atoms with Crippen LogP contribution in [0.1, 0.15) is 36.0 Å². The van der Waals surface area contributed by atoms with Crippen LogP contribution in [0, 0.1) is 11.3 Å². The number of fused-ring (bicyclic) bond motifs is 1. The lowest BCUT2D eigenvalue weighted by atomic mass is 9.67. The Morgan fingerprint density at radius 1 is 1.19 bits per heavy atom. The number of carbonyl (C=O) groups excluding carboxylic acids is 3. The lowest BCUT2D eigenvalue weighted by Gasteiger charge is -2.37. The summed E-state index contributed by atoms with van der Waals surface area (Å²) in [7, 11) is 0. The van der Waals surface area contributed by atoms with Crippen LogP contribution in [-0.4, -0.2) is 37.4 Å². The van der Waals surface area contributed by atoms with Gasteiger partial charge in [-0.3, -0.25) is 14.4 Å². The molecular weight excluding hydrogens is 356 g/mol. The number of hydrogen-bond acceptors (Lipinski definition) is 4. The number of benzene rings is 1. The first-order valence-corrected chi connectivity index (χ1v) is 8.70. The largest absolute Gasteiger partial charge is 0.368 e. The zero-order valence-electron chi connectivity index (χ0n) is 14.5. The van der Waals surface area contributed by atoms with Crippen molar-refractivity contribution in [2.75, 3.05) is 25.0 Å². The molecule has 2 aliphatic rings.